The van der Waals surface area contributed by atoms with Crippen LogP contribution in [0.2, 0.25) is 0 Å². The molecular weight excluding hydrogens is 216 g/mol. The van der Waals surface area contributed by atoms with Gasteiger partial charge in [-0.25, -0.2) is 0 Å². The van der Waals surface area contributed by atoms with Crippen LogP contribution in [0, 0.1) is 0 Å². The van der Waals surface area contributed by atoms with Crippen LogP contribution in [-0.4, -0.2) is 46.8 Å². The molecule has 0 saturated carbocycles. The topological polar surface area (TPSA) is 179 Å². The van der Waals surface area contributed by atoms with Crippen LogP contribution in [0.15, 0.2) is 0 Å². The molecule has 96 valence electrons. The molecule has 3 atom stereocenters. The average Bonchev–Trinajstić information content (AvgIpc) is 2.17. The Kier molecular flexibility index (Phi) is 9.71. The second-order valence-electron chi connectivity index (χ2n) is 3.25. The summed E-state index contributed by atoms with van der Waals surface area (Å²) in [7, 11) is 0. The van der Waals surface area contributed by atoms with Gasteiger partial charge in [0.15, 0.2) is 0 Å². The van der Waals surface area contributed by atoms with E-state index in [4.69, 9.17) is 33.1 Å². The summed E-state index contributed by atoms with van der Waals surface area (Å²) in [4.78, 5) is 19.8. The van der Waals surface area contributed by atoms with Crippen molar-refractivity contribution < 1.29 is 19.8 Å². The first-order valence-corrected chi connectivity index (χ1v) is 4.66. The maximum Gasteiger partial charge on any atom is 0.322 e. The van der Waals surface area contributed by atoms with Crippen molar-refractivity contribution in [1.82, 2.24) is 0 Å². The van der Waals surface area contributed by atoms with E-state index in [1.54, 1.807) is 6.92 Å². The van der Waals surface area contributed by atoms with E-state index in [1.165, 1.54) is 0 Å². The largest absolute Gasteiger partial charge is 0.480 e. The molecule has 0 aromatic carbocycles. The molecule has 0 radical (unpaired) electrons. The van der Waals surface area contributed by atoms with E-state index in [0.29, 0.717) is 13.0 Å². The van der Waals surface area contributed by atoms with Crippen molar-refractivity contribution in [3.63, 3.8) is 0 Å². The van der Waals surface area contributed by atoms with Gasteiger partial charge in [0.2, 0.25) is 0 Å². The Balaban J connectivity index is 0. The first-order chi connectivity index (χ1) is 7.23. The third-order valence-electron chi connectivity index (χ3n) is 1.65. The van der Waals surface area contributed by atoms with Gasteiger partial charge in [-0.2, -0.15) is 0 Å². The number of carbonyl (C=O) groups is 2. The maximum absolute atomic E-state index is 9.94. The van der Waals surface area contributed by atoms with Gasteiger partial charge in [-0.15, -0.1) is 0 Å². The van der Waals surface area contributed by atoms with E-state index >= 15 is 0 Å². The van der Waals surface area contributed by atoms with Crippen molar-refractivity contribution >= 4 is 11.9 Å². The van der Waals surface area contributed by atoms with Crippen molar-refractivity contribution in [2.45, 2.75) is 31.5 Å². The third-order valence-corrected chi connectivity index (χ3v) is 1.65. The third kappa shape index (κ3) is 9.34. The molecule has 0 aromatic rings. The van der Waals surface area contributed by atoms with Gasteiger partial charge in [-0.3, -0.25) is 9.59 Å². The number of aliphatic carboxylic acids is 2. The first-order valence-electron chi connectivity index (χ1n) is 4.66. The van der Waals surface area contributed by atoms with Crippen LogP contribution in [0.25, 0.3) is 0 Å². The standard InChI is InChI=1S/2C4H10N2O2/c1-2(5)3(6)4(7)8;5-2-1-3(6)4(7)8/h2-3H,5-6H2,1H3,(H,7,8);3H,1-2,5-6H2,(H,7,8). The predicted octanol–water partition coefficient (Wildman–Crippen LogP) is -2.51. The van der Waals surface area contributed by atoms with Gasteiger partial charge in [-0.1, -0.05) is 0 Å². The number of rotatable bonds is 5. The van der Waals surface area contributed by atoms with Gasteiger partial charge in [-0.05, 0) is 19.9 Å². The summed E-state index contributed by atoms with van der Waals surface area (Å²) in [6.07, 6.45) is 0.343. The van der Waals surface area contributed by atoms with Crippen molar-refractivity contribution in [1.29, 1.82) is 0 Å². The molecule has 0 rings (SSSR count). The highest BCUT2D eigenvalue weighted by Gasteiger charge is 2.14. The van der Waals surface area contributed by atoms with Crippen molar-refractivity contribution in [2.75, 3.05) is 6.54 Å². The molecule has 10 N–H and O–H groups in total. The molecule has 0 heterocycles. The van der Waals surface area contributed by atoms with E-state index in [9.17, 15) is 9.59 Å². The molecule has 0 spiro atoms. The molecule has 0 saturated heterocycles. The zero-order valence-corrected chi connectivity index (χ0v) is 9.17. The zero-order valence-electron chi connectivity index (χ0n) is 9.17. The summed E-state index contributed by atoms with van der Waals surface area (Å²) in [5.74, 6) is -2.05. The maximum atomic E-state index is 9.94. The lowest BCUT2D eigenvalue weighted by Gasteiger charge is -2.08. The Labute approximate surface area is 93.6 Å². The molecule has 0 aliphatic rings. The summed E-state index contributed by atoms with van der Waals surface area (Å²) < 4.78 is 0. The van der Waals surface area contributed by atoms with Gasteiger partial charge in [0, 0.05) is 6.04 Å². The fraction of sp³-hybridized carbons (Fsp3) is 0.750. The van der Waals surface area contributed by atoms with Crippen LogP contribution < -0.4 is 22.9 Å². The zero-order chi connectivity index (χ0) is 13.3. The minimum atomic E-state index is -1.06. The summed E-state index contributed by atoms with van der Waals surface area (Å²) in [6.45, 7) is 1.88. The molecule has 3 unspecified atom stereocenters. The van der Waals surface area contributed by atoms with Crippen LogP contribution in [0.1, 0.15) is 13.3 Å². The Morgan fingerprint density at radius 1 is 1.12 bits per heavy atom. The Morgan fingerprint density at radius 2 is 1.56 bits per heavy atom. The molecular formula is C8H20N4O4. The van der Waals surface area contributed by atoms with Crippen LogP contribution in [0.3, 0.4) is 0 Å². The quantitative estimate of drug-likeness (QED) is 0.303. The number of carboxylic acid groups (broad SMARTS) is 2. The van der Waals surface area contributed by atoms with E-state index < -0.39 is 30.1 Å². The van der Waals surface area contributed by atoms with Crippen LogP contribution in [0.5, 0.6) is 0 Å². The number of hydrogen-bond donors (Lipinski definition) is 6. The minimum absolute atomic E-state index is 0.327. The van der Waals surface area contributed by atoms with Crippen LogP contribution in [0.4, 0.5) is 0 Å². The minimum Gasteiger partial charge on any atom is -0.480 e. The molecule has 0 bridgehead atoms. The molecule has 0 aromatic heterocycles. The monoisotopic (exact) mass is 236 g/mol. The van der Waals surface area contributed by atoms with Crippen LogP contribution >= 0.6 is 0 Å². The first kappa shape index (κ1) is 17.2. The van der Waals surface area contributed by atoms with E-state index in [1.807, 2.05) is 0 Å². The lowest BCUT2D eigenvalue weighted by molar-refractivity contribution is -0.139. The summed E-state index contributed by atoms with van der Waals surface area (Å²) >= 11 is 0. The highest BCUT2D eigenvalue weighted by molar-refractivity contribution is 5.74. The fourth-order valence-corrected chi connectivity index (χ4v) is 0.528. The summed E-state index contributed by atoms with van der Waals surface area (Å²) in [6, 6.07) is -2.21. The molecule has 0 amide bonds. The van der Waals surface area contributed by atoms with Gasteiger partial charge >= 0.3 is 11.9 Å². The molecule has 8 nitrogen and oxygen atoms in total. The molecule has 8 heteroatoms. The number of carboxylic acids is 2. The highest BCUT2D eigenvalue weighted by Crippen LogP contribution is 1.82. The smallest absolute Gasteiger partial charge is 0.322 e. The van der Waals surface area contributed by atoms with E-state index in [2.05, 4.69) is 0 Å². The predicted molar refractivity (Wildman–Crippen MR) is 58.5 cm³/mol. The van der Waals surface area contributed by atoms with E-state index in [0.717, 1.165) is 0 Å². The van der Waals surface area contributed by atoms with Gasteiger partial charge < -0.3 is 33.1 Å². The fourth-order valence-electron chi connectivity index (χ4n) is 0.528. The molecule has 16 heavy (non-hydrogen) atoms. The molecule has 0 aliphatic carbocycles. The second-order valence-corrected chi connectivity index (χ2v) is 3.25. The van der Waals surface area contributed by atoms with Gasteiger partial charge in [0.05, 0.1) is 0 Å². The summed E-state index contributed by atoms with van der Waals surface area (Å²) in [5.41, 5.74) is 20.2. The highest BCUT2D eigenvalue weighted by atomic mass is 16.4. The Morgan fingerprint density at radius 3 is 1.62 bits per heavy atom. The van der Waals surface area contributed by atoms with E-state index in [-0.39, 0.29) is 0 Å². The number of hydrogen-bond acceptors (Lipinski definition) is 6. The lowest BCUT2D eigenvalue weighted by atomic mass is 10.2. The van der Waals surface area contributed by atoms with Crippen molar-refractivity contribution in [3.05, 3.63) is 0 Å². The van der Waals surface area contributed by atoms with Crippen LogP contribution in [-0.2, 0) is 9.59 Å². The van der Waals surface area contributed by atoms with Crippen molar-refractivity contribution in [3.8, 4) is 0 Å². The second kappa shape index (κ2) is 9.04. The Hall–Kier alpha value is -1.22. The Bertz CT molecular complexity index is 222. The molecule has 0 fully saturated rings. The summed E-state index contributed by atoms with van der Waals surface area (Å²) in [5, 5.41) is 16.3. The lowest BCUT2D eigenvalue weighted by Crippen LogP contribution is -2.44. The van der Waals surface area contributed by atoms with Gasteiger partial charge in [0.25, 0.3) is 0 Å². The SMILES string of the molecule is CC(N)C(N)C(=O)O.NCCC(N)C(=O)O. The average molecular weight is 236 g/mol. The van der Waals surface area contributed by atoms with Gasteiger partial charge in [0.1, 0.15) is 12.1 Å². The normalized spacial score (nSPS) is 15.3. The molecule has 0 aliphatic heterocycles. The number of nitrogens with two attached hydrogens (primary N) is 4. The van der Waals surface area contributed by atoms with Crippen molar-refractivity contribution in [2.24, 2.45) is 22.9 Å².